The highest BCUT2D eigenvalue weighted by Crippen LogP contribution is 2.34. The summed E-state index contributed by atoms with van der Waals surface area (Å²) in [5.74, 6) is 1.83. The summed E-state index contributed by atoms with van der Waals surface area (Å²) in [6, 6.07) is 6.48. The molecule has 0 bridgehead atoms. The van der Waals surface area contributed by atoms with Crippen molar-refractivity contribution >= 4 is 0 Å². The molecule has 1 aromatic rings. The Bertz CT molecular complexity index is 342. The van der Waals surface area contributed by atoms with E-state index in [1.54, 1.807) is 0 Å². The normalized spacial score (nSPS) is 24.7. The molecule has 2 heterocycles. The molecule has 1 saturated heterocycles. The zero-order chi connectivity index (χ0) is 9.38. The average molecular weight is 189 g/mol. The Balaban J connectivity index is 2.00. The summed E-state index contributed by atoms with van der Waals surface area (Å²) in [6.07, 6.45) is 2.37. The molecular formula is C12H15NO. The van der Waals surface area contributed by atoms with Crippen LogP contribution in [0.4, 0.5) is 0 Å². The van der Waals surface area contributed by atoms with Gasteiger partial charge in [-0.05, 0) is 30.5 Å². The minimum Gasteiger partial charge on any atom is -0.493 e. The molecule has 0 aromatic heterocycles. The zero-order valence-corrected chi connectivity index (χ0v) is 8.25. The summed E-state index contributed by atoms with van der Waals surface area (Å²) in [7, 11) is 0. The monoisotopic (exact) mass is 189 g/mol. The number of hydrogen-bond donors (Lipinski definition) is 1. The lowest BCUT2D eigenvalue weighted by atomic mass is 9.92. The van der Waals surface area contributed by atoms with Crippen molar-refractivity contribution in [2.75, 3.05) is 19.7 Å². The molecule has 2 aliphatic heterocycles. The van der Waals surface area contributed by atoms with Crippen LogP contribution in [0.3, 0.4) is 0 Å². The highest BCUT2D eigenvalue weighted by Gasteiger charge is 2.23. The molecule has 1 aromatic carbocycles. The largest absolute Gasteiger partial charge is 0.493 e. The summed E-state index contributed by atoms with van der Waals surface area (Å²) in [4.78, 5) is 0. The van der Waals surface area contributed by atoms with Crippen LogP contribution in [0.5, 0.6) is 5.75 Å². The fraction of sp³-hybridized carbons (Fsp3) is 0.500. The molecule has 0 aliphatic carbocycles. The highest BCUT2D eigenvalue weighted by molar-refractivity contribution is 5.44. The van der Waals surface area contributed by atoms with Gasteiger partial charge in [-0.1, -0.05) is 12.1 Å². The minimum absolute atomic E-state index is 0.714. The van der Waals surface area contributed by atoms with E-state index in [9.17, 15) is 0 Å². The Morgan fingerprint density at radius 3 is 3.21 bits per heavy atom. The number of nitrogens with one attached hydrogen (secondary N) is 1. The lowest BCUT2D eigenvalue weighted by molar-refractivity contribution is 0.357. The van der Waals surface area contributed by atoms with Crippen molar-refractivity contribution in [3.63, 3.8) is 0 Å². The molecule has 2 nitrogen and oxygen atoms in total. The number of benzene rings is 1. The van der Waals surface area contributed by atoms with E-state index in [1.165, 1.54) is 17.5 Å². The number of rotatable bonds is 1. The van der Waals surface area contributed by atoms with Crippen molar-refractivity contribution in [1.82, 2.24) is 5.32 Å². The standard InChI is InChI=1S/C12H15NO/c1-2-10(9-4-6-13-8-9)11-5-7-14-12(11)3-1/h1-3,9,13H,4-8H2/t9-/m1/s1. The maximum Gasteiger partial charge on any atom is 0.122 e. The molecule has 1 N–H and O–H groups in total. The van der Waals surface area contributed by atoms with Gasteiger partial charge in [0.25, 0.3) is 0 Å². The molecule has 0 unspecified atom stereocenters. The van der Waals surface area contributed by atoms with Gasteiger partial charge >= 0.3 is 0 Å². The molecule has 0 amide bonds. The third-order valence-corrected chi connectivity index (χ3v) is 3.28. The van der Waals surface area contributed by atoms with Crippen LogP contribution < -0.4 is 10.1 Å². The van der Waals surface area contributed by atoms with Gasteiger partial charge < -0.3 is 10.1 Å². The predicted molar refractivity (Wildman–Crippen MR) is 55.9 cm³/mol. The second-order valence-electron chi connectivity index (χ2n) is 4.11. The van der Waals surface area contributed by atoms with Gasteiger partial charge in [0.15, 0.2) is 0 Å². The second kappa shape index (κ2) is 3.28. The van der Waals surface area contributed by atoms with Crippen molar-refractivity contribution in [1.29, 1.82) is 0 Å². The van der Waals surface area contributed by atoms with Crippen LogP contribution >= 0.6 is 0 Å². The van der Waals surface area contributed by atoms with E-state index in [0.29, 0.717) is 5.92 Å². The topological polar surface area (TPSA) is 21.3 Å². The molecular weight excluding hydrogens is 174 g/mol. The van der Waals surface area contributed by atoms with E-state index in [2.05, 4.69) is 23.5 Å². The van der Waals surface area contributed by atoms with Crippen LogP contribution in [0.25, 0.3) is 0 Å². The van der Waals surface area contributed by atoms with E-state index in [-0.39, 0.29) is 0 Å². The smallest absolute Gasteiger partial charge is 0.122 e. The summed E-state index contributed by atoms with van der Waals surface area (Å²) in [5.41, 5.74) is 2.98. The van der Waals surface area contributed by atoms with Crippen LogP contribution in [0.15, 0.2) is 18.2 Å². The van der Waals surface area contributed by atoms with E-state index < -0.39 is 0 Å². The molecule has 0 radical (unpaired) electrons. The SMILES string of the molecule is c1cc2c(c([C@@H]3CCNC3)c1)CCO2. The molecule has 0 saturated carbocycles. The van der Waals surface area contributed by atoms with Gasteiger partial charge in [0, 0.05) is 18.5 Å². The lowest BCUT2D eigenvalue weighted by Crippen LogP contribution is -2.08. The highest BCUT2D eigenvalue weighted by atomic mass is 16.5. The Morgan fingerprint density at radius 1 is 1.36 bits per heavy atom. The molecule has 2 aliphatic rings. The average Bonchev–Trinajstić information content (AvgIpc) is 2.88. The molecule has 1 atom stereocenters. The maximum absolute atomic E-state index is 5.58. The van der Waals surface area contributed by atoms with Gasteiger partial charge in [-0.2, -0.15) is 0 Å². The quantitative estimate of drug-likeness (QED) is 0.726. The van der Waals surface area contributed by atoms with Gasteiger partial charge in [0.05, 0.1) is 6.61 Å². The van der Waals surface area contributed by atoms with Crippen LogP contribution in [0.1, 0.15) is 23.5 Å². The van der Waals surface area contributed by atoms with Crippen LogP contribution in [-0.2, 0) is 6.42 Å². The van der Waals surface area contributed by atoms with Crippen LogP contribution in [0, 0.1) is 0 Å². The zero-order valence-electron chi connectivity index (χ0n) is 8.25. The number of fused-ring (bicyclic) bond motifs is 1. The van der Waals surface area contributed by atoms with Gasteiger partial charge in [0.1, 0.15) is 5.75 Å². The van der Waals surface area contributed by atoms with Gasteiger partial charge in [-0.3, -0.25) is 0 Å². The molecule has 74 valence electrons. The van der Waals surface area contributed by atoms with E-state index in [4.69, 9.17) is 4.74 Å². The summed E-state index contributed by atoms with van der Waals surface area (Å²) in [5, 5.41) is 3.42. The number of ether oxygens (including phenoxy) is 1. The summed E-state index contributed by atoms with van der Waals surface area (Å²) in [6.45, 7) is 3.16. The Morgan fingerprint density at radius 2 is 2.36 bits per heavy atom. The van der Waals surface area contributed by atoms with Crippen molar-refractivity contribution < 1.29 is 4.74 Å². The Hall–Kier alpha value is -1.02. The Labute approximate surface area is 84.3 Å². The fourth-order valence-electron chi connectivity index (χ4n) is 2.55. The minimum atomic E-state index is 0.714. The fourth-order valence-corrected chi connectivity index (χ4v) is 2.55. The molecule has 14 heavy (non-hydrogen) atoms. The van der Waals surface area contributed by atoms with Gasteiger partial charge in [-0.15, -0.1) is 0 Å². The molecule has 1 fully saturated rings. The van der Waals surface area contributed by atoms with Gasteiger partial charge in [-0.25, -0.2) is 0 Å². The predicted octanol–water partition coefficient (Wildman–Crippen LogP) is 1.70. The second-order valence-corrected chi connectivity index (χ2v) is 4.11. The summed E-state index contributed by atoms with van der Waals surface area (Å²) < 4.78 is 5.58. The summed E-state index contributed by atoms with van der Waals surface area (Å²) >= 11 is 0. The van der Waals surface area contributed by atoms with Crippen molar-refractivity contribution in [3.8, 4) is 5.75 Å². The molecule has 2 heteroatoms. The third-order valence-electron chi connectivity index (χ3n) is 3.28. The number of hydrogen-bond acceptors (Lipinski definition) is 2. The lowest BCUT2D eigenvalue weighted by Gasteiger charge is -2.12. The van der Waals surface area contributed by atoms with Crippen LogP contribution in [0.2, 0.25) is 0 Å². The van der Waals surface area contributed by atoms with E-state index in [1.807, 2.05) is 0 Å². The van der Waals surface area contributed by atoms with Crippen molar-refractivity contribution in [2.45, 2.75) is 18.8 Å². The third kappa shape index (κ3) is 1.22. The van der Waals surface area contributed by atoms with Crippen molar-refractivity contribution in [3.05, 3.63) is 29.3 Å². The van der Waals surface area contributed by atoms with Crippen molar-refractivity contribution in [2.24, 2.45) is 0 Å². The van der Waals surface area contributed by atoms with Crippen LogP contribution in [-0.4, -0.2) is 19.7 Å². The first-order valence-corrected chi connectivity index (χ1v) is 5.40. The van der Waals surface area contributed by atoms with Gasteiger partial charge in [0.2, 0.25) is 0 Å². The first-order valence-electron chi connectivity index (χ1n) is 5.40. The molecule has 0 spiro atoms. The maximum atomic E-state index is 5.58. The first kappa shape index (κ1) is 8.30. The molecule has 3 rings (SSSR count). The van der Waals surface area contributed by atoms with E-state index >= 15 is 0 Å². The Kier molecular flexibility index (Phi) is 1.95. The van der Waals surface area contributed by atoms with E-state index in [0.717, 1.165) is 31.9 Å². The first-order chi connectivity index (χ1) is 6.95.